The predicted octanol–water partition coefficient (Wildman–Crippen LogP) is 2.00. The molecule has 4 nitrogen and oxygen atoms in total. The molecule has 0 unspecified atom stereocenters. The van der Waals surface area contributed by atoms with Crippen molar-refractivity contribution in [3.05, 3.63) is 29.9 Å². The third kappa shape index (κ3) is 2.23. The molecule has 1 N–H and O–H groups in total. The highest BCUT2D eigenvalue weighted by molar-refractivity contribution is 7.13. The van der Waals surface area contributed by atoms with Crippen molar-refractivity contribution in [2.24, 2.45) is 0 Å². The molecule has 0 aliphatic carbocycles. The molecule has 94 valence electrons. The van der Waals surface area contributed by atoms with Gasteiger partial charge in [-0.05, 0) is 18.4 Å². The number of nitrogens with one attached hydrogen (secondary N) is 1. The third-order valence-corrected chi connectivity index (χ3v) is 4.11. The van der Waals surface area contributed by atoms with Gasteiger partial charge in [-0.3, -0.25) is 0 Å². The molecule has 0 radical (unpaired) electrons. The fourth-order valence-corrected chi connectivity index (χ4v) is 2.94. The summed E-state index contributed by atoms with van der Waals surface area (Å²) >= 11 is 1.71. The van der Waals surface area contributed by atoms with Gasteiger partial charge < -0.3 is 10.2 Å². The average molecular weight is 260 g/mol. The first-order valence-corrected chi connectivity index (χ1v) is 7.06. The van der Waals surface area contributed by atoms with Gasteiger partial charge in [0, 0.05) is 31.7 Å². The van der Waals surface area contributed by atoms with Gasteiger partial charge in [0.25, 0.3) is 0 Å². The molecule has 0 aromatic carbocycles. The maximum absolute atomic E-state index is 4.42. The zero-order chi connectivity index (χ0) is 12.4. The minimum absolute atomic E-state index is 0.477. The van der Waals surface area contributed by atoms with Crippen LogP contribution < -0.4 is 10.2 Å². The molecule has 3 heterocycles. The molecule has 0 saturated carbocycles. The van der Waals surface area contributed by atoms with Crippen molar-refractivity contribution in [3.8, 4) is 10.6 Å². The summed E-state index contributed by atoms with van der Waals surface area (Å²) in [5.41, 5.74) is 1.01. The highest BCUT2D eigenvalue weighted by atomic mass is 32.1. The monoisotopic (exact) mass is 260 g/mol. The largest absolute Gasteiger partial charge is 0.351 e. The van der Waals surface area contributed by atoms with Gasteiger partial charge in [-0.2, -0.15) is 0 Å². The summed E-state index contributed by atoms with van der Waals surface area (Å²) in [6, 6.07) is 6.71. The van der Waals surface area contributed by atoms with E-state index >= 15 is 0 Å². The van der Waals surface area contributed by atoms with Crippen molar-refractivity contribution in [1.82, 2.24) is 15.3 Å². The lowest BCUT2D eigenvalue weighted by molar-refractivity contribution is 0.497. The summed E-state index contributed by atoms with van der Waals surface area (Å²) in [7, 11) is 0. The topological polar surface area (TPSA) is 41.0 Å². The van der Waals surface area contributed by atoms with Crippen LogP contribution in [0.25, 0.3) is 10.6 Å². The van der Waals surface area contributed by atoms with E-state index in [0.29, 0.717) is 6.04 Å². The Labute approximate surface area is 111 Å². The highest BCUT2D eigenvalue weighted by Gasteiger charge is 2.19. The Morgan fingerprint density at radius 3 is 3.17 bits per heavy atom. The number of aromatic nitrogens is 2. The van der Waals surface area contributed by atoms with E-state index in [-0.39, 0.29) is 0 Å². The number of nitrogens with zero attached hydrogens (tertiary/aromatic N) is 3. The van der Waals surface area contributed by atoms with E-state index in [0.717, 1.165) is 31.1 Å². The van der Waals surface area contributed by atoms with Gasteiger partial charge in [-0.15, -0.1) is 11.3 Å². The van der Waals surface area contributed by atoms with Crippen LogP contribution in [0.15, 0.2) is 29.9 Å². The van der Waals surface area contributed by atoms with Crippen molar-refractivity contribution in [2.45, 2.75) is 13.0 Å². The number of hydrogen-bond acceptors (Lipinski definition) is 5. The lowest BCUT2D eigenvalue weighted by Crippen LogP contribution is -2.50. The summed E-state index contributed by atoms with van der Waals surface area (Å²) in [5.74, 6) is 1.03. The zero-order valence-corrected chi connectivity index (χ0v) is 11.2. The van der Waals surface area contributed by atoms with Crippen LogP contribution in [-0.4, -0.2) is 35.6 Å². The second kappa shape index (κ2) is 5.04. The van der Waals surface area contributed by atoms with Crippen molar-refractivity contribution in [1.29, 1.82) is 0 Å². The molecule has 3 rings (SSSR count). The Kier molecular flexibility index (Phi) is 3.25. The standard InChI is InChI=1S/C13H16N4S/c1-10-8-14-4-5-17(10)13-7-11(15-9-16-13)12-3-2-6-18-12/h2-3,6-7,9-10,14H,4-5,8H2,1H3/t10-/m1/s1. The van der Waals surface area contributed by atoms with Crippen LogP contribution in [0.3, 0.4) is 0 Å². The summed E-state index contributed by atoms with van der Waals surface area (Å²) < 4.78 is 0. The second-order valence-electron chi connectivity index (χ2n) is 4.49. The molecule has 0 bridgehead atoms. The molecule has 1 aliphatic rings. The van der Waals surface area contributed by atoms with Crippen LogP contribution in [0.4, 0.5) is 5.82 Å². The number of piperazine rings is 1. The quantitative estimate of drug-likeness (QED) is 0.896. The molecule has 18 heavy (non-hydrogen) atoms. The first kappa shape index (κ1) is 11.6. The van der Waals surface area contributed by atoms with Gasteiger partial charge in [-0.25, -0.2) is 9.97 Å². The van der Waals surface area contributed by atoms with Crippen LogP contribution in [0, 0.1) is 0 Å². The predicted molar refractivity (Wildman–Crippen MR) is 75.0 cm³/mol. The maximum Gasteiger partial charge on any atom is 0.132 e. The number of anilines is 1. The van der Waals surface area contributed by atoms with Crippen molar-refractivity contribution in [2.75, 3.05) is 24.5 Å². The minimum Gasteiger partial charge on any atom is -0.351 e. The lowest BCUT2D eigenvalue weighted by Gasteiger charge is -2.34. The van der Waals surface area contributed by atoms with Gasteiger partial charge in [0.05, 0.1) is 10.6 Å². The molecule has 2 aromatic heterocycles. The van der Waals surface area contributed by atoms with Crippen LogP contribution in [0.1, 0.15) is 6.92 Å². The zero-order valence-electron chi connectivity index (χ0n) is 10.3. The molecular weight excluding hydrogens is 244 g/mol. The highest BCUT2D eigenvalue weighted by Crippen LogP contribution is 2.25. The first-order valence-electron chi connectivity index (χ1n) is 6.18. The van der Waals surface area contributed by atoms with Gasteiger partial charge in [-0.1, -0.05) is 6.07 Å². The second-order valence-corrected chi connectivity index (χ2v) is 5.43. The van der Waals surface area contributed by atoms with Crippen molar-refractivity contribution < 1.29 is 0 Å². The molecule has 2 aromatic rings. The third-order valence-electron chi connectivity index (χ3n) is 3.22. The SMILES string of the molecule is C[C@@H]1CNCCN1c1cc(-c2cccs2)ncn1. The molecule has 1 fully saturated rings. The van der Waals surface area contributed by atoms with Crippen LogP contribution >= 0.6 is 11.3 Å². The van der Waals surface area contributed by atoms with E-state index in [2.05, 4.69) is 50.7 Å². The smallest absolute Gasteiger partial charge is 0.132 e. The molecule has 1 saturated heterocycles. The first-order chi connectivity index (χ1) is 8.84. The van der Waals surface area contributed by atoms with Crippen molar-refractivity contribution in [3.63, 3.8) is 0 Å². The lowest BCUT2D eigenvalue weighted by atomic mass is 10.2. The van der Waals surface area contributed by atoms with Gasteiger partial charge in [0.2, 0.25) is 0 Å². The summed E-state index contributed by atoms with van der Waals surface area (Å²) in [6.07, 6.45) is 1.67. The Bertz CT molecular complexity index is 511. The van der Waals surface area contributed by atoms with E-state index in [1.54, 1.807) is 17.7 Å². The molecule has 0 amide bonds. The number of hydrogen-bond donors (Lipinski definition) is 1. The van der Waals surface area contributed by atoms with Crippen molar-refractivity contribution >= 4 is 17.2 Å². The fourth-order valence-electron chi connectivity index (χ4n) is 2.24. The van der Waals surface area contributed by atoms with E-state index in [1.807, 2.05) is 0 Å². The average Bonchev–Trinajstić information content (AvgIpc) is 2.93. The molecule has 0 spiro atoms. The van der Waals surface area contributed by atoms with Gasteiger partial charge in [0.15, 0.2) is 0 Å². The van der Waals surface area contributed by atoms with Crippen LogP contribution in [-0.2, 0) is 0 Å². The Hall–Kier alpha value is -1.46. The van der Waals surface area contributed by atoms with Crippen LogP contribution in [0.2, 0.25) is 0 Å². The fraction of sp³-hybridized carbons (Fsp3) is 0.385. The van der Waals surface area contributed by atoms with Gasteiger partial charge >= 0.3 is 0 Å². The number of thiophene rings is 1. The molecule has 5 heteroatoms. The summed E-state index contributed by atoms with van der Waals surface area (Å²) in [4.78, 5) is 12.3. The molecule has 1 atom stereocenters. The Morgan fingerprint density at radius 2 is 2.39 bits per heavy atom. The molecular formula is C13H16N4S. The number of rotatable bonds is 2. The van der Waals surface area contributed by atoms with E-state index in [1.165, 1.54) is 4.88 Å². The van der Waals surface area contributed by atoms with E-state index < -0.39 is 0 Å². The van der Waals surface area contributed by atoms with Gasteiger partial charge in [0.1, 0.15) is 12.1 Å². The van der Waals surface area contributed by atoms with E-state index in [9.17, 15) is 0 Å². The maximum atomic E-state index is 4.42. The molecule has 1 aliphatic heterocycles. The summed E-state index contributed by atoms with van der Waals surface area (Å²) in [6.45, 7) is 5.25. The summed E-state index contributed by atoms with van der Waals surface area (Å²) in [5, 5.41) is 5.47. The normalized spacial score (nSPS) is 20.1. The Balaban J connectivity index is 1.91. The van der Waals surface area contributed by atoms with Crippen LogP contribution in [0.5, 0.6) is 0 Å². The minimum atomic E-state index is 0.477. The Morgan fingerprint density at radius 1 is 1.44 bits per heavy atom. The van der Waals surface area contributed by atoms with E-state index in [4.69, 9.17) is 0 Å².